The molecule has 2 amide bonds. The van der Waals surface area contributed by atoms with Crippen LogP contribution in [0.5, 0.6) is 0 Å². The van der Waals surface area contributed by atoms with Crippen LogP contribution in [0.3, 0.4) is 0 Å². The summed E-state index contributed by atoms with van der Waals surface area (Å²) in [6.07, 6.45) is 1.63. The zero-order valence-corrected chi connectivity index (χ0v) is 15.5. The lowest BCUT2D eigenvalue weighted by molar-refractivity contribution is 0.0925. The highest BCUT2D eigenvalue weighted by molar-refractivity contribution is 6.34. The molecule has 0 saturated heterocycles. The Kier molecular flexibility index (Phi) is 3.80. The molecule has 4 aromatic rings. The van der Waals surface area contributed by atoms with Crippen LogP contribution in [0.15, 0.2) is 66.9 Å². The molecule has 0 aliphatic carbocycles. The summed E-state index contributed by atoms with van der Waals surface area (Å²) >= 11 is 0. The first-order chi connectivity index (χ1) is 14.1. The van der Waals surface area contributed by atoms with Crippen LogP contribution in [-0.4, -0.2) is 32.2 Å². The van der Waals surface area contributed by atoms with Crippen molar-refractivity contribution in [2.45, 2.75) is 6.92 Å². The molecule has 1 aliphatic rings. The van der Waals surface area contributed by atoms with Crippen molar-refractivity contribution >= 4 is 17.6 Å². The van der Waals surface area contributed by atoms with E-state index in [2.05, 4.69) is 20.4 Å². The molecular formula is C22H15N5O2. The van der Waals surface area contributed by atoms with Gasteiger partial charge in [0, 0.05) is 17.5 Å². The van der Waals surface area contributed by atoms with Gasteiger partial charge in [-0.25, -0.2) is 9.88 Å². The van der Waals surface area contributed by atoms with E-state index in [1.54, 1.807) is 30.5 Å². The van der Waals surface area contributed by atoms with Crippen LogP contribution in [0.2, 0.25) is 0 Å². The number of amides is 2. The maximum atomic E-state index is 13.1. The Bertz CT molecular complexity index is 1250. The van der Waals surface area contributed by atoms with E-state index in [-0.39, 0.29) is 5.91 Å². The molecule has 29 heavy (non-hydrogen) atoms. The molecule has 0 unspecified atom stereocenters. The average molecular weight is 381 g/mol. The largest absolute Gasteiger partial charge is 0.268 e. The van der Waals surface area contributed by atoms with Crippen LogP contribution in [0.1, 0.15) is 26.4 Å². The van der Waals surface area contributed by atoms with Crippen LogP contribution in [0, 0.1) is 6.92 Å². The SMILES string of the molecule is Cc1cc(-c2ccccc2)cc(N2C(=O)c3ccc(-c4c[nH]nn4)cc3C2=O)n1. The second-order valence-electron chi connectivity index (χ2n) is 6.79. The van der Waals surface area contributed by atoms with E-state index in [4.69, 9.17) is 0 Å². The van der Waals surface area contributed by atoms with Gasteiger partial charge in [-0.05, 0) is 42.3 Å². The number of hydrogen-bond acceptors (Lipinski definition) is 5. The molecule has 7 nitrogen and oxygen atoms in total. The third-order valence-electron chi connectivity index (χ3n) is 4.88. The number of carbonyl (C=O) groups is 2. The topological polar surface area (TPSA) is 91.8 Å². The Balaban J connectivity index is 1.58. The van der Waals surface area contributed by atoms with Crippen LogP contribution in [0.25, 0.3) is 22.4 Å². The summed E-state index contributed by atoms with van der Waals surface area (Å²) < 4.78 is 0. The van der Waals surface area contributed by atoms with Crippen LogP contribution < -0.4 is 4.90 Å². The zero-order valence-electron chi connectivity index (χ0n) is 15.5. The first kappa shape index (κ1) is 17.0. The van der Waals surface area contributed by atoms with Gasteiger partial charge < -0.3 is 0 Å². The molecule has 0 bridgehead atoms. The molecule has 0 saturated carbocycles. The quantitative estimate of drug-likeness (QED) is 0.547. The van der Waals surface area contributed by atoms with Gasteiger partial charge in [-0.3, -0.25) is 14.7 Å². The lowest BCUT2D eigenvalue weighted by Crippen LogP contribution is -2.30. The fourth-order valence-corrected chi connectivity index (χ4v) is 3.51. The number of imide groups is 1. The molecule has 140 valence electrons. The minimum Gasteiger partial charge on any atom is -0.268 e. The highest BCUT2D eigenvalue weighted by Crippen LogP contribution is 2.32. The number of benzene rings is 2. The van der Waals surface area contributed by atoms with Crippen LogP contribution >= 0.6 is 0 Å². The highest BCUT2D eigenvalue weighted by Gasteiger charge is 2.38. The number of carbonyl (C=O) groups excluding carboxylic acids is 2. The van der Waals surface area contributed by atoms with Crippen molar-refractivity contribution in [2.75, 3.05) is 4.90 Å². The Morgan fingerprint density at radius 3 is 2.38 bits per heavy atom. The number of nitrogens with zero attached hydrogens (tertiary/aromatic N) is 4. The van der Waals surface area contributed by atoms with E-state index in [9.17, 15) is 9.59 Å². The van der Waals surface area contributed by atoms with E-state index >= 15 is 0 Å². The van der Waals surface area contributed by atoms with Crippen molar-refractivity contribution in [3.8, 4) is 22.4 Å². The van der Waals surface area contributed by atoms with E-state index in [0.717, 1.165) is 21.7 Å². The normalized spacial score (nSPS) is 13.1. The molecule has 0 radical (unpaired) electrons. The monoisotopic (exact) mass is 381 g/mol. The number of aromatic nitrogens is 4. The minimum atomic E-state index is -0.396. The van der Waals surface area contributed by atoms with Gasteiger partial charge in [0.1, 0.15) is 11.5 Å². The van der Waals surface area contributed by atoms with Crippen molar-refractivity contribution < 1.29 is 9.59 Å². The van der Waals surface area contributed by atoms with Crippen molar-refractivity contribution in [1.82, 2.24) is 20.4 Å². The Morgan fingerprint density at radius 2 is 1.62 bits per heavy atom. The average Bonchev–Trinajstić information content (AvgIpc) is 3.36. The van der Waals surface area contributed by atoms with Crippen molar-refractivity contribution in [3.63, 3.8) is 0 Å². The lowest BCUT2D eigenvalue weighted by atomic mass is 10.0. The van der Waals surface area contributed by atoms with Crippen molar-refractivity contribution in [3.05, 3.63) is 83.7 Å². The first-order valence-corrected chi connectivity index (χ1v) is 9.05. The number of nitrogens with one attached hydrogen (secondary N) is 1. The number of hydrogen-bond donors (Lipinski definition) is 1. The molecule has 1 aliphatic heterocycles. The molecule has 1 N–H and O–H groups in total. The highest BCUT2D eigenvalue weighted by atomic mass is 16.2. The van der Waals surface area contributed by atoms with E-state index in [0.29, 0.717) is 28.2 Å². The molecule has 0 atom stereocenters. The van der Waals surface area contributed by atoms with Gasteiger partial charge in [-0.2, -0.15) is 0 Å². The molecular weight excluding hydrogens is 366 g/mol. The molecule has 0 fully saturated rings. The Hall–Kier alpha value is -4.13. The molecule has 2 aromatic heterocycles. The summed E-state index contributed by atoms with van der Waals surface area (Å²) in [7, 11) is 0. The number of aryl methyl sites for hydroxylation is 1. The van der Waals surface area contributed by atoms with Gasteiger partial charge in [0.05, 0.1) is 11.1 Å². The van der Waals surface area contributed by atoms with E-state index in [1.807, 2.05) is 43.3 Å². The van der Waals surface area contributed by atoms with E-state index in [1.165, 1.54) is 0 Å². The third kappa shape index (κ3) is 2.80. The predicted octanol–water partition coefficient (Wildman–Crippen LogP) is 3.64. The number of anilines is 1. The zero-order chi connectivity index (χ0) is 20.0. The van der Waals surface area contributed by atoms with Gasteiger partial charge in [0.25, 0.3) is 11.8 Å². The summed E-state index contributed by atoms with van der Waals surface area (Å²) in [6, 6.07) is 18.5. The minimum absolute atomic E-state index is 0.318. The first-order valence-electron chi connectivity index (χ1n) is 9.05. The number of H-pyrrole nitrogens is 1. The smallest absolute Gasteiger partial charge is 0.267 e. The standard InChI is InChI=1S/C22H15N5O2/c1-13-9-16(14-5-3-2-4-6-14)11-20(24-13)27-21(28)17-8-7-15(10-18(17)22(27)29)19-12-23-26-25-19/h2-12H,1H3,(H,23,25,26). The number of fused-ring (bicyclic) bond motifs is 1. The van der Waals surface area contributed by atoms with Gasteiger partial charge in [-0.1, -0.05) is 41.6 Å². The fourth-order valence-electron chi connectivity index (χ4n) is 3.51. The molecule has 0 spiro atoms. The molecule has 3 heterocycles. The summed E-state index contributed by atoms with van der Waals surface area (Å²) in [5.41, 5.74) is 4.61. The Morgan fingerprint density at radius 1 is 0.828 bits per heavy atom. The second-order valence-corrected chi connectivity index (χ2v) is 6.79. The van der Waals surface area contributed by atoms with Crippen LogP contribution in [-0.2, 0) is 0 Å². The molecule has 5 rings (SSSR count). The lowest BCUT2D eigenvalue weighted by Gasteiger charge is -2.15. The fraction of sp³-hybridized carbons (Fsp3) is 0.0455. The number of aromatic amines is 1. The molecule has 2 aromatic carbocycles. The summed E-state index contributed by atoms with van der Waals surface area (Å²) in [5.74, 6) is -0.459. The number of pyridine rings is 1. The van der Waals surface area contributed by atoms with Crippen molar-refractivity contribution in [1.29, 1.82) is 0 Å². The van der Waals surface area contributed by atoms with Gasteiger partial charge >= 0.3 is 0 Å². The summed E-state index contributed by atoms with van der Waals surface area (Å²) in [6.45, 7) is 1.84. The summed E-state index contributed by atoms with van der Waals surface area (Å²) in [5, 5.41) is 10.3. The predicted molar refractivity (Wildman–Crippen MR) is 107 cm³/mol. The second kappa shape index (κ2) is 6.49. The maximum absolute atomic E-state index is 13.1. The van der Waals surface area contributed by atoms with Gasteiger partial charge in [0.2, 0.25) is 0 Å². The van der Waals surface area contributed by atoms with Gasteiger partial charge in [-0.15, -0.1) is 5.10 Å². The van der Waals surface area contributed by atoms with Crippen LogP contribution in [0.4, 0.5) is 5.82 Å². The Labute approximate surface area is 166 Å². The molecule has 7 heteroatoms. The van der Waals surface area contributed by atoms with Gasteiger partial charge in [0.15, 0.2) is 0 Å². The third-order valence-corrected chi connectivity index (χ3v) is 4.88. The van der Waals surface area contributed by atoms with E-state index < -0.39 is 5.91 Å². The maximum Gasteiger partial charge on any atom is 0.267 e. The summed E-state index contributed by atoms with van der Waals surface area (Å²) in [4.78, 5) is 31.7. The number of rotatable bonds is 3. The van der Waals surface area contributed by atoms with Crippen molar-refractivity contribution in [2.24, 2.45) is 0 Å².